The van der Waals surface area contributed by atoms with Gasteiger partial charge in [-0.05, 0) is 30.2 Å². The highest BCUT2D eigenvalue weighted by molar-refractivity contribution is 6.21. The SMILES string of the molecule is CC[C@H](C)[C@@H](Cl)COC(=O)c1ccc(O)cc1. The smallest absolute Gasteiger partial charge is 0.338 e. The van der Waals surface area contributed by atoms with Crippen molar-refractivity contribution in [3.8, 4) is 5.75 Å². The van der Waals surface area contributed by atoms with Crippen molar-refractivity contribution >= 4 is 17.6 Å². The molecule has 1 aromatic carbocycles. The first kappa shape index (κ1) is 13.8. The number of aromatic hydroxyl groups is 1. The predicted molar refractivity (Wildman–Crippen MR) is 67.5 cm³/mol. The molecular weight excluding hydrogens is 240 g/mol. The normalized spacial score (nSPS) is 14.1. The number of hydrogen-bond acceptors (Lipinski definition) is 3. The van der Waals surface area contributed by atoms with Crippen molar-refractivity contribution in [2.75, 3.05) is 6.61 Å². The number of carbonyl (C=O) groups is 1. The maximum Gasteiger partial charge on any atom is 0.338 e. The molecule has 94 valence electrons. The minimum absolute atomic E-state index is 0.122. The van der Waals surface area contributed by atoms with E-state index >= 15 is 0 Å². The molecule has 1 rings (SSSR count). The van der Waals surface area contributed by atoms with Gasteiger partial charge in [0.1, 0.15) is 12.4 Å². The van der Waals surface area contributed by atoms with Gasteiger partial charge in [0.15, 0.2) is 0 Å². The van der Waals surface area contributed by atoms with Gasteiger partial charge >= 0.3 is 5.97 Å². The fraction of sp³-hybridized carbons (Fsp3) is 0.462. The molecule has 0 saturated heterocycles. The monoisotopic (exact) mass is 256 g/mol. The average Bonchev–Trinajstić information content (AvgIpc) is 2.35. The number of carbonyl (C=O) groups excluding carboxylic acids is 1. The molecule has 0 radical (unpaired) electrons. The van der Waals surface area contributed by atoms with E-state index in [-0.39, 0.29) is 17.7 Å². The second-order valence-electron chi connectivity index (χ2n) is 4.05. The van der Waals surface area contributed by atoms with Gasteiger partial charge in [0.2, 0.25) is 0 Å². The maximum absolute atomic E-state index is 11.6. The van der Waals surface area contributed by atoms with Crippen molar-refractivity contribution < 1.29 is 14.6 Å². The quantitative estimate of drug-likeness (QED) is 0.650. The molecule has 2 atom stereocenters. The van der Waals surface area contributed by atoms with Gasteiger partial charge in [-0.2, -0.15) is 0 Å². The summed E-state index contributed by atoms with van der Waals surface area (Å²) in [7, 11) is 0. The Morgan fingerprint density at radius 3 is 2.53 bits per heavy atom. The third-order valence-electron chi connectivity index (χ3n) is 2.74. The number of ether oxygens (including phenoxy) is 1. The molecule has 0 amide bonds. The van der Waals surface area contributed by atoms with E-state index in [0.29, 0.717) is 11.5 Å². The summed E-state index contributed by atoms with van der Waals surface area (Å²) in [6.45, 7) is 4.27. The first-order chi connectivity index (χ1) is 8.04. The molecule has 0 aliphatic heterocycles. The fourth-order valence-corrected chi connectivity index (χ4v) is 1.50. The first-order valence-electron chi connectivity index (χ1n) is 5.64. The predicted octanol–water partition coefficient (Wildman–Crippen LogP) is 3.20. The lowest BCUT2D eigenvalue weighted by Crippen LogP contribution is -2.20. The van der Waals surface area contributed by atoms with Gasteiger partial charge in [0.05, 0.1) is 10.9 Å². The van der Waals surface area contributed by atoms with Crippen LogP contribution in [0.3, 0.4) is 0 Å². The van der Waals surface area contributed by atoms with Gasteiger partial charge in [-0.25, -0.2) is 4.79 Å². The topological polar surface area (TPSA) is 46.5 Å². The van der Waals surface area contributed by atoms with Gasteiger partial charge in [-0.15, -0.1) is 11.6 Å². The number of phenolic OH excluding ortho intramolecular Hbond substituents is 1. The molecule has 0 fully saturated rings. The summed E-state index contributed by atoms with van der Waals surface area (Å²) in [5.74, 6) is 0.0135. The van der Waals surface area contributed by atoms with Crippen LogP contribution in [0.1, 0.15) is 30.6 Å². The molecule has 3 nitrogen and oxygen atoms in total. The second-order valence-corrected chi connectivity index (χ2v) is 4.61. The van der Waals surface area contributed by atoms with Crippen molar-refractivity contribution in [1.82, 2.24) is 0 Å². The summed E-state index contributed by atoms with van der Waals surface area (Å²) in [6.07, 6.45) is 0.949. The van der Waals surface area contributed by atoms with E-state index in [1.54, 1.807) is 0 Å². The van der Waals surface area contributed by atoms with Crippen LogP contribution < -0.4 is 0 Å². The zero-order valence-electron chi connectivity index (χ0n) is 10.0. The minimum atomic E-state index is -0.418. The van der Waals surface area contributed by atoms with Gasteiger partial charge in [-0.3, -0.25) is 0 Å². The van der Waals surface area contributed by atoms with Crippen LogP contribution in [0.2, 0.25) is 0 Å². The van der Waals surface area contributed by atoms with Gasteiger partial charge in [0.25, 0.3) is 0 Å². The lowest BCUT2D eigenvalue weighted by atomic mass is 10.1. The molecule has 17 heavy (non-hydrogen) atoms. The molecule has 0 aromatic heterocycles. The van der Waals surface area contributed by atoms with Crippen molar-refractivity contribution in [3.63, 3.8) is 0 Å². The minimum Gasteiger partial charge on any atom is -0.508 e. The lowest BCUT2D eigenvalue weighted by molar-refractivity contribution is 0.0489. The number of esters is 1. The van der Waals surface area contributed by atoms with Gasteiger partial charge in [-0.1, -0.05) is 20.3 Å². The molecule has 0 aliphatic rings. The third-order valence-corrected chi connectivity index (χ3v) is 3.29. The Morgan fingerprint density at radius 1 is 1.41 bits per heavy atom. The Balaban J connectivity index is 2.47. The van der Waals surface area contributed by atoms with Crippen molar-refractivity contribution in [3.05, 3.63) is 29.8 Å². The molecule has 1 N–H and O–H groups in total. The van der Waals surface area contributed by atoms with Crippen molar-refractivity contribution in [1.29, 1.82) is 0 Å². The Kier molecular flexibility index (Phi) is 5.29. The van der Waals surface area contributed by atoms with E-state index in [0.717, 1.165) is 6.42 Å². The van der Waals surface area contributed by atoms with Crippen LogP contribution in [-0.4, -0.2) is 23.1 Å². The standard InChI is InChI=1S/C13H17ClO3/c1-3-9(2)12(14)8-17-13(16)10-4-6-11(15)7-5-10/h4-7,9,12,15H,3,8H2,1-2H3/t9-,12-/m0/s1. The number of halogens is 1. The van der Waals surface area contributed by atoms with Crippen LogP contribution >= 0.6 is 11.6 Å². The van der Waals surface area contributed by atoms with E-state index in [2.05, 4.69) is 0 Å². The Bertz CT molecular complexity index is 361. The van der Waals surface area contributed by atoms with Crippen molar-refractivity contribution in [2.45, 2.75) is 25.6 Å². The maximum atomic E-state index is 11.6. The highest BCUT2D eigenvalue weighted by Gasteiger charge is 2.15. The molecule has 0 aliphatic carbocycles. The summed E-state index contributed by atoms with van der Waals surface area (Å²) in [4.78, 5) is 11.6. The first-order valence-corrected chi connectivity index (χ1v) is 6.08. The number of rotatable bonds is 5. The number of phenols is 1. The van der Waals surface area contributed by atoms with Crippen molar-refractivity contribution in [2.24, 2.45) is 5.92 Å². The number of alkyl halides is 1. The van der Waals surface area contributed by atoms with Crippen LogP contribution in [0.25, 0.3) is 0 Å². The molecule has 0 saturated carbocycles. The summed E-state index contributed by atoms with van der Waals surface area (Å²) in [5, 5.41) is 8.92. The van der Waals surface area contributed by atoms with Crippen LogP contribution in [0.4, 0.5) is 0 Å². The van der Waals surface area contributed by atoms with Crippen LogP contribution in [-0.2, 0) is 4.74 Å². The molecular formula is C13H17ClO3. The van der Waals surface area contributed by atoms with Crippen LogP contribution in [0.5, 0.6) is 5.75 Å². The number of benzene rings is 1. The molecule has 4 heteroatoms. The molecule has 0 heterocycles. The zero-order chi connectivity index (χ0) is 12.8. The third kappa shape index (κ3) is 4.27. The second kappa shape index (κ2) is 6.50. The van der Waals surface area contributed by atoms with E-state index in [1.165, 1.54) is 24.3 Å². The van der Waals surface area contributed by atoms with Gasteiger partial charge in [0, 0.05) is 0 Å². The zero-order valence-corrected chi connectivity index (χ0v) is 10.8. The molecule has 0 spiro atoms. The highest BCUT2D eigenvalue weighted by atomic mass is 35.5. The summed E-state index contributed by atoms with van der Waals surface area (Å²) < 4.78 is 5.10. The fourth-order valence-electron chi connectivity index (χ4n) is 1.26. The van der Waals surface area contributed by atoms with E-state index in [9.17, 15) is 4.79 Å². The van der Waals surface area contributed by atoms with Crippen LogP contribution in [0, 0.1) is 5.92 Å². The molecule has 0 bridgehead atoms. The molecule has 0 unspecified atom stereocenters. The van der Waals surface area contributed by atoms with Gasteiger partial charge < -0.3 is 9.84 Å². The molecule has 1 aromatic rings. The summed E-state index contributed by atoms with van der Waals surface area (Å²) in [5.41, 5.74) is 0.413. The lowest BCUT2D eigenvalue weighted by Gasteiger charge is -2.15. The Hall–Kier alpha value is -1.22. The number of hydrogen-bond donors (Lipinski definition) is 1. The summed E-state index contributed by atoms with van der Waals surface area (Å²) >= 11 is 6.07. The summed E-state index contributed by atoms with van der Waals surface area (Å²) in [6, 6.07) is 5.93. The Labute approximate surface area is 106 Å². The van der Waals surface area contributed by atoms with E-state index in [4.69, 9.17) is 21.4 Å². The largest absolute Gasteiger partial charge is 0.508 e. The van der Waals surface area contributed by atoms with E-state index < -0.39 is 5.97 Å². The van der Waals surface area contributed by atoms with Crippen LogP contribution in [0.15, 0.2) is 24.3 Å². The average molecular weight is 257 g/mol. The highest BCUT2D eigenvalue weighted by Crippen LogP contribution is 2.15. The van der Waals surface area contributed by atoms with E-state index in [1.807, 2.05) is 13.8 Å². The Morgan fingerprint density at radius 2 is 2.00 bits per heavy atom.